The quantitative estimate of drug-likeness (QED) is 0.827. The highest BCUT2D eigenvalue weighted by Gasteiger charge is 2.22. The lowest BCUT2D eigenvalue weighted by atomic mass is 10.2. The number of hydrogen-bond acceptors (Lipinski definition) is 4. The molecule has 0 atom stereocenters. The van der Waals surface area contributed by atoms with Gasteiger partial charge in [0, 0.05) is 18.8 Å². The monoisotopic (exact) mass is 348 g/mol. The van der Waals surface area contributed by atoms with Gasteiger partial charge in [-0.05, 0) is 36.8 Å². The minimum atomic E-state index is -3.51. The number of anilines is 2. The van der Waals surface area contributed by atoms with Crippen molar-refractivity contribution >= 4 is 21.4 Å². The molecule has 0 radical (unpaired) electrons. The van der Waals surface area contributed by atoms with Crippen molar-refractivity contribution in [3.8, 4) is 5.75 Å². The van der Waals surface area contributed by atoms with Crippen LogP contribution in [0.25, 0.3) is 0 Å². The smallest absolute Gasteiger partial charge is 0.243 e. The fourth-order valence-electron chi connectivity index (χ4n) is 2.52. The minimum Gasteiger partial charge on any atom is -0.495 e. The predicted octanol–water partition coefficient (Wildman–Crippen LogP) is 3.78. The van der Waals surface area contributed by atoms with E-state index in [2.05, 4.69) is 5.32 Å². The fourth-order valence-corrected chi connectivity index (χ4v) is 4.00. The number of ether oxygens (including phenoxy) is 1. The van der Waals surface area contributed by atoms with Crippen LogP contribution >= 0.6 is 0 Å². The molecule has 0 saturated heterocycles. The van der Waals surface area contributed by atoms with E-state index in [9.17, 15) is 8.42 Å². The summed E-state index contributed by atoms with van der Waals surface area (Å²) in [7, 11) is -1.95. The molecular weight excluding hydrogens is 324 g/mol. The number of hydrogen-bond donors (Lipinski definition) is 1. The third kappa shape index (κ3) is 3.71. The van der Waals surface area contributed by atoms with Crippen molar-refractivity contribution in [1.29, 1.82) is 0 Å². The number of nitrogens with one attached hydrogen (secondary N) is 1. The third-order valence-corrected chi connectivity index (χ3v) is 5.97. The lowest BCUT2D eigenvalue weighted by Gasteiger charge is -2.20. The van der Waals surface area contributed by atoms with Gasteiger partial charge in [0.15, 0.2) is 0 Å². The van der Waals surface area contributed by atoms with Crippen molar-refractivity contribution < 1.29 is 13.2 Å². The number of benzene rings is 2. The maximum Gasteiger partial charge on any atom is 0.243 e. The Morgan fingerprint density at radius 1 is 1.04 bits per heavy atom. The highest BCUT2D eigenvalue weighted by Crippen LogP contribution is 2.32. The summed E-state index contributed by atoms with van der Waals surface area (Å²) in [6.07, 6.45) is 0. The maximum atomic E-state index is 12.7. The molecule has 0 aliphatic heterocycles. The van der Waals surface area contributed by atoms with Gasteiger partial charge in [-0.15, -0.1) is 0 Å². The van der Waals surface area contributed by atoms with Gasteiger partial charge in [0.25, 0.3) is 0 Å². The van der Waals surface area contributed by atoms with E-state index in [1.165, 1.54) is 4.31 Å². The molecule has 130 valence electrons. The minimum absolute atomic E-state index is 0.253. The van der Waals surface area contributed by atoms with Gasteiger partial charge >= 0.3 is 0 Å². The SMILES string of the molecule is CCN(CC)S(=O)(=O)c1ccc(OC)c(Nc2ccccc2C)c1. The second-order valence-electron chi connectivity index (χ2n) is 5.39. The van der Waals surface area contributed by atoms with Crippen molar-refractivity contribution in [2.75, 3.05) is 25.5 Å². The highest BCUT2D eigenvalue weighted by atomic mass is 32.2. The van der Waals surface area contributed by atoms with E-state index in [4.69, 9.17) is 4.74 Å². The van der Waals surface area contributed by atoms with Crippen LogP contribution < -0.4 is 10.1 Å². The predicted molar refractivity (Wildman–Crippen MR) is 97.6 cm³/mol. The molecule has 0 saturated carbocycles. The summed E-state index contributed by atoms with van der Waals surface area (Å²) in [5.41, 5.74) is 2.60. The average Bonchev–Trinajstić information content (AvgIpc) is 2.57. The van der Waals surface area contributed by atoms with E-state index in [0.717, 1.165) is 11.3 Å². The van der Waals surface area contributed by atoms with E-state index in [1.54, 1.807) is 25.3 Å². The summed E-state index contributed by atoms with van der Waals surface area (Å²) in [5, 5.41) is 3.27. The zero-order valence-electron chi connectivity index (χ0n) is 14.5. The average molecular weight is 348 g/mol. The van der Waals surface area contributed by atoms with Crippen LogP contribution in [0.5, 0.6) is 5.75 Å². The molecule has 0 bridgehead atoms. The summed E-state index contributed by atoms with van der Waals surface area (Å²) in [4.78, 5) is 0.253. The summed E-state index contributed by atoms with van der Waals surface area (Å²) >= 11 is 0. The van der Waals surface area contributed by atoms with Gasteiger partial charge in [-0.25, -0.2) is 8.42 Å². The summed E-state index contributed by atoms with van der Waals surface area (Å²) in [5.74, 6) is 0.594. The Morgan fingerprint density at radius 3 is 2.29 bits per heavy atom. The van der Waals surface area contributed by atoms with Crippen LogP contribution in [0.1, 0.15) is 19.4 Å². The second kappa shape index (κ2) is 7.68. The first-order valence-corrected chi connectivity index (χ1v) is 9.38. The molecule has 0 amide bonds. The normalized spacial score (nSPS) is 11.5. The molecule has 0 aromatic heterocycles. The number of rotatable bonds is 7. The van der Waals surface area contributed by atoms with Crippen LogP contribution in [-0.2, 0) is 10.0 Å². The maximum absolute atomic E-state index is 12.7. The first-order valence-electron chi connectivity index (χ1n) is 7.94. The van der Waals surface area contributed by atoms with Crippen LogP contribution in [0.2, 0.25) is 0 Å². The fraction of sp³-hybridized carbons (Fsp3) is 0.333. The molecule has 0 aliphatic carbocycles. The van der Waals surface area contributed by atoms with Crippen molar-refractivity contribution in [2.45, 2.75) is 25.7 Å². The number of nitrogens with zero attached hydrogens (tertiary/aromatic N) is 1. The van der Waals surface area contributed by atoms with Crippen LogP contribution in [0.4, 0.5) is 11.4 Å². The molecule has 2 aromatic carbocycles. The van der Waals surface area contributed by atoms with Crippen molar-refractivity contribution in [3.63, 3.8) is 0 Å². The topological polar surface area (TPSA) is 58.6 Å². The van der Waals surface area contributed by atoms with E-state index >= 15 is 0 Å². The Balaban J connectivity index is 2.47. The molecule has 0 spiro atoms. The highest BCUT2D eigenvalue weighted by molar-refractivity contribution is 7.89. The Morgan fingerprint density at radius 2 is 1.71 bits per heavy atom. The molecule has 2 rings (SSSR count). The van der Waals surface area contributed by atoms with Crippen molar-refractivity contribution in [3.05, 3.63) is 48.0 Å². The van der Waals surface area contributed by atoms with E-state index in [1.807, 2.05) is 45.0 Å². The molecule has 24 heavy (non-hydrogen) atoms. The summed E-state index contributed by atoms with van der Waals surface area (Å²) < 4.78 is 32.3. The number of para-hydroxylation sites is 1. The molecule has 0 heterocycles. The van der Waals surface area contributed by atoms with Crippen LogP contribution in [-0.4, -0.2) is 32.9 Å². The largest absolute Gasteiger partial charge is 0.495 e. The zero-order valence-corrected chi connectivity index (χ0v) is 15.4. The molecule has 0 unspecified atom stereocenters. The van der Waals surface area contributed by atoms with Crippen molar-refractivity contribution in [1.82, 2.24) is 4.31 Å². The molecule has 0 fully saturated rings. The molecule has 1 N–H and O–H groups in total. The number of aryl methyl sites for hydroxylation is 1. The zero-order chi connectivity index (χ0) is 17.7. The van der Waals surface area contributed by atoms with Gasteiger partial charge in [0.1, 0.15) is 5.75 Å². The molecule has 6 heteroatoms. The lowest BCUT2D eigenvalue weighted by molar-refractivity contribution is 0.416. The first kappa shape index (κ1) is 18.3. The Hall–Kier alpha value is -2.05. The first-order chi connectivity index (χ1) is 11.4. The van der Waals surface area contributed by atoms with Gasteiger partial charge in [-0.3, -0.25) is 0 Å². The van der Waals surface area contributed by atoms with Gasteiger partial charge in [-0.2, -0.15) is 4.31 Å². The Bertz CT molecular complexity index is 800. The van der Waals surface area contributed by atoms with E-state index in [-0.39, 0.29) is 4.90 Å². The molecular formula is C18H24N2O3S. The van der Waals surface area contributed by atoms with Crippen LogP contribution in [0, 0.1) is 6.92 Å². The molecule has 5 nitrogen and oxygen atoms in total. The second-order valence-corrected chi connectivity index (χ2v) is 7.33. The Kier molecular flexibility index (Phi) is 5.85. The van der Waals surface area contributed by atoms with Gasteiger partial charge in [0.2, 0.25) is 10.0 Å². The van der Waals surface area contributed by atoms with Crippen LogP contribution in [0.3, 0.4) is 0 Å². The van der Waals surface area contributed by atoms with Gasteiger partial charge < -0.3 is 10.1 Å². The number of methoxy groups -OCH3 is 1. The summed E-state index contributed by atoms with van der Waals surface area (Å²) in [6, 6.07) is 12.7. The van der Waals surface area contributed by atoms with E-state index < -0.39 is 10.0 Å². The third-order valence-electron chi connectivity index (χ3n) is 3.93. The van der Waals surface area contributed by atoms with Crippen molar-refractivity contribution in [2.24, 2.45) is 0 Å². The lowest BCUT2D eigenvalue weighted by Crippen LogP contribution is -2.30. The Labute approximate surface area is 144 Å². The molecule has 2 aromatic rings. The number of sulfonamides is 1. The standard InChI is InChI=1S/C18H24N2O3S/c1-5-20(6-2)24(21,22)15-11-12-18(23-4)17(13-15)19-16-10-8-7-9-14(16)3/h7-13,19H,5-6H2,1-4H3. The van der Waals surface area contributed by atoms with Gasteiger partial charge in [-0.1, -0.05) is 32.0 Å². The van der Waals surface area contributed by atoms with Gasteiger partial charge in [0.05, 0.1) is 17.7 Å². The molecule has 0 aliphatic rings. The summed E-state index contributed by atoms with van der Waals surface area (Å²) in [6.45, 7) is 6.52. The van der Waals surface area contributed by atoms with Crippen LogP contribution in [0.15, 0.2) is 47.4 Å². The van der Waals surface area contributed by atoms with E-state index in [0.29, 0.717) is 24.5 Å².